The van der Waals surface area contributed by atoms with E-state index in [9.17, 15) is 18.4 Å². The summed E-state index contributed by atoms with van der Waals surface area (Å²) in [6.45, 7) is 1.83. The molecule has 1 heterocycles. The number of para-hydroxylation sites is 1. The molecule has 0 aromatic heterocycles. The first-order valence-electron chi connectivity index (χ1n) is 8.45. The molecule has 1 N–H and O–H groups in total. The predicted molar refractivity (Wildman–Crippen MR) is 98.8 cm³/mol. The van der Waals surface area contributed by atoms with Gasteiger partial charge in [0.15, 0.2) is 0 Å². The van der Waals surface area contributed by atoms with Crippen LogP contribution in [0.4, 0.5) is 14.5 Å². The van der Waals surface area contributed by atoms with Crippen molar-refractivity contribution in [1.82, 2.24) is 9.80 Å². The number of piperazine rings is 1. The fourth-order valence-electron chi connectivity index (χ4n) is 2.90. The molecule has 27 heavy (non-hydrogen) atoms. The van der Waals surface area contributed by atoms with Crippen LogP contribution in [-0.4, -0.2) is 54.3 Å². The van der Waals surface area contributed by atoms with E-state index in [0.29, 0.717) is 43.0 Å². The molecule has 1 saturated heterocycles. The lowest BCUT2D eigenvalue weighted by atomic mass is 10.1. The zero-order valence-electron chi connectivity index (χ0n) is 14.4. The van der Waals surface area contributed by atoms with Crippen LogP contribution in [-0.2, 0) is 4.79 Å². The van der Waals surface area contributed by atoms with Crippen molar-refractivity contribution in [2.45, 2.75) is 0 Å². The number of halogens is 3. The van der Waals surface area contributed by atoms with E-state index in [2.05, 4.69) is 5.32 Å². The molecule has 2 aromatic rings. The number of nitrogens with zero attached hydrogens (tertiary/aromatic N) is 2. The van der Waals surface area contributed by atoms with Crippen LogP contribution < -0.4 is 5.32 Å². The SMILES string of the molecule is O=C(CN1CCN(C(=O)c2ccc(F)cc2F)CC1)Nc1ccccc1Cl. The highest BCUT2D eigenvalue weighted by atomic mass is 35.5. The molecular formula is C19H18ClF2N3O2. The van der Waals surface area contributed by atoms with Gasteiger partial charge in [-0.25, -0.2) is 8.78 Å². The highest BCUT2D eigenvalue weighted by Crippen LogP contribution is 2.20. The number of rotatable bonds is 4. The van der Waals surface area contributed by atoms with Crippen LogP contribution in [0.25, 0.3) is 0 Å². The highest BCUT2D eigenvalue weighted by molar-refractivity contribution is 6.33. The Morgan fingerprint density at radius 1 is 1.04 bits per heavy atom. The van der Waals surface area contributed by atoms with Gasteiger partial charge in [-0.2, -0.15) is 0 Å². The minimum Gasteiger partial charge on any atom is -0.336 e. The molecule has 0 bridgehead atoms. The smallest absolute Gasteiger partial charge is 0.256 e. The lowest BCUT2D eigenvalue weighted by molar-refractivity contribution is -0.117. The monoisotopic (exact) mass is 393 g/mol. The van der Waals surface area contributed by atoms with Crippen molar-refractivity contribution >= 4 is 29.1 Å². The van der Waals surface area contributed by atoms with Gasteiger partial charge in [-0.3, -0.25) is 14.5 Å². The molecule has 2 amide bonds. The maximum Gasteiger partial charge on any atom is 0.256 e. The molecule has 0 spiro atoms. The Morgan fingerprint density at radius 2 is 1.74 bits per heavy atom. The molecule has 142 valence electrons. The number of amides is 2. The average Bonchev–Trinajstić information content (AvgIpc) is 2.64. The number of anilines is 1. The van der Waals surface area contributed by atoms with Crippen molar-refractivity contribution in [2.75, 3.05) is 38.0 Å². The molecule has 1 fully saturated rings. The normalized spacial score (nSPS) is 14.9. The van der Waals surface area contributed by atoms with E-state index < -0.39 is 17.5 Å². The molecule has 3 rings (SSSR count). The standard InChI is InChI=1S/C19H18ClF2N3O2/c20-15-3-1-2-4-17(15)23-18(26)12-24-7-9-25(10-8-24)19(27)14-6-5-13(21)11-16(14)22/h1-6,11H,7-10,12H2,(H,23,26). The third-order valence-electron chi connectivity index (χ3n) is 4.34. The van der Waals surface area contributed by atoms with Crippen LogP contribution in [0.3, 0.4) is 0 Å². The lowest BCUT2D eigenvalue weighted by Gasteiger charge is -2.34. The van der Waals surface area contributed by atoms with Gasteiger partial charge in [-0.15, -0.1) is 0 Å². The van der Waals surface area contributed by atoms with Gasteiger partial charge in [0.05, 0.1) is 22.8 Å². The molecule has 5 nitrogen and oxygen atoms in total. The number of hydrogen-bond donors (Lipinski definition) is 1. The Labute approximate surface area is 160 Å². The van der Waals surface area contributed by atoms with Crippen LogP contribution in [0.5, 0.6) is 0 Å². The number of hydrogen-bond acceptors (Lipinski definition) is 3. The van der Waals surface area contributed by atoms with Crippen LogP contribution in [0.2, 0.25) is 5.02 Å². The summed E-state index contributed by atoms with van der Waals surface area (Å²) in [6, 6.07) is 9.87. The van der Waals surface area contributed by atoms with E-state index in [-0.39, 0.29) is 18.0 Å². The molecule has 0 saturated carbocycles. The number of carbonyl (C=O) groups excluding carboxylic acids is 2. The second-order valence-corrected chi connectivity index (χ2v) is 6.63. The Morgan fingerprint density at radius 3 is 2.41 bits per heavy atom. The minimum atomic E-state index is -0.874. The molecule has 0 unspecified atom stereocenters. The van der Waals surface area contributed by atoms with Crippen molar-refractivity contribution in [3.63, 3.8) is 0 Å². The van der Waals surface area contributed by atoms with Gasteiger partial charge in [0.1, 0.15) is 11.6 Å². The van der Waals surface area contributed by atoms with Gasteiger partial charge in [-0.05, 0) is 24.3 Å². The van der Waals surface area contributed by atoms with E-state index in [1.165, 1.54) is 4.90 Å². The molecule has 1 aliphatic heterocycles. The highest BCUT2D eigenvalue weighted by Gasteiger charge is 2.25. The van der Waals surface area contributed by atoms with E-state index in [0.717, 1.165) is 12.1 Å². The fourth-order valence-corrected chi connectivity index (χ4v) is 3.08. The second kappa shape index (κ2) is 8.45. The van der Waals surface area contributed by atoms with Gasteiger partial charge in [0.2, 0.25) is 5.91 Å². The molecule has 0 atom stereocenters. The van der Waals surface area contributed by atoms with Gasteiger partial charge >= 0.3 is 0 Å². The predicted octanol–water partition coefficient (Wildman–Crippen LogP) is 3.01. The number of carbonyl (C=O) groups is 2. The molecular weight excluding hydrogens is 376 g/mol. The fraction of sp³-hybridized carbons (Fsp3) is 0.263. The van der Waals surface area contributed by atoms with Crippen LogP contribution in [0.15, 0.2) is 42.5 Å². The van der Waals surface area contributed by atoms with Crippen LogP contribution >= 0.6 is 11.6 Å². The summed E-state index contributed by atoms with van der Waals surface area (Å²) in [5, 5.41) is 3.21. The van der Waals surface area contributed by atoms with Crippen molar-refractivity contribution in [1.29, 1.82) is 0 Å². The first-order chi connectivity index (χ1) is 12.9. The molecule has 0 aliphatic carbocycles. The Hall–Kier alpha value is -2.51. The van der Waals surface area contributed by atoms with Crippen molar-refractivity contribution in [2.24, 2.45) is 0 Å². The number of benzene rings is 2. The van der Waals surface area contributed by atoms with Gasteiger partial charge in [-0.1, -0.05) is 23.7 Å². The van der Waals surface area contributed by atoms with Crippen LogP contribution in [0.1, 0.15) is 10.4 Å². The zero-order chi connectivity index (χ0) is 19.4. The second-order valence-electron chi connectivity index (χ2n) is 6.22. The van der Waals surface area contributed by atoms with Crippen molar-refractivity contribution in [3.05, 3.63) is 64.7 Å². The van der Waals surface area contributed by atoms with Gasteiger partial charge < -0.3 is 10.2 Å². The topological polar surface area (TPSA) is 52.7 Å². The van der Waals surface area contributed by atoms with Crippen molar-refractivity contribution < 1.29 is 18.4 Å². The minimum absolute atomic E-state index is 0.152. The third-order valence-corrected chi connectivity index (χ3v) is 4.67. The lowest BCUT2D eigenvalue weighted by Crippen LogP contribution is -2.50. The Kier molecular flexibility index (Phi) is 6.03. The summed E-state index contributed by atoms with van der Waals surface area (Å²) in [4.78, 5) is 28.0. The summed E-state index contributed by atoms with van der Waals surface area (Å²) in [6.07, 6.45) is 0. The maximum absolute atomic E-state index is 13.8. The van der Waals surface area contributed by atoms with Crippen LogP contribution in [0, 0.1) is 11.6 Å². The van der Waals surface area contributed by atoms with E-state index in [1.54, 1.807) is 24.3 Å². The summed E-state index contributed by atoms with van der Waals surface area (Å²) in [5.74, 6) is -2.28. The van der Waals surface area contributed by atoms with Gasteiger partial charge in [0.25, 0.3) is 5.91 Å². The first kappa shape index (κ1) is 19.3. The Balaban J connectivity index is 1.52. The molecule has 0 radical (unpaired) electrons. The third kappa shape index (κ3) is 4.81. The van der Waals surface area contributed by atoms with E-state index in [1.807, 2.05) is 4.90 Å². The summed E-state index contributed by atoms with van der Waals surface area (Å²) < 4.78 is 26.8. The van der Waals surface area contributed by atoms with Gasteiger partial charge in [0, 0.05) is 32.2 Å². The van der Waals surface area contributed by atoms with E-state index >= 15 is 0 Å². The maximum atomic E-state index is 13.8. The molecule has 1 aliphatic rings. The largest absolute Gasteiger partial charge is 0.336 e. The first-order valence-corrected chi connectivity index (χ1v) is 8.83. The summed E-state index contributed by atoms with van der Waals surface area (Å²) in [5.41, 5.74) is 0.395. The quantitative estimate of drug-likeness (QED) is 0.868. The number of nitrogens with one attached hydrogen (secondary N) is 1. The Bertz CT molecular complexity index is 855. The molecule has 2 aromatic carbocycles. The zero-order valence-corrected chi connectivity index (χ0v) is 15.2. The molecule has 8 heteroatoms. The summed E-state index contributed by atoms with van der Waals surface area (Å²) >= 11 is 6.02. The van der Waals surface area contributed by atoms with E-state index in [4.69, 9.17) is 11.6 Å². The summed E-state index contributed by atoms with van der Waals surface area (Å²) in [7, 11) is 0. The average molecular weight is 394 g/mol. The van der Waals surface area contributed by atoms with Crippen molar-refractivity contribution in [3.8, 4) is 0 Å².